The zero-order valence-electron chi connectivity index (χ0n) is 12.3. The number of nitrogens with one attached hydrogen (secondary N) is 1. The van der Waals surface area contributed by atoms with Gasteiger partial charge in [0.2, 0.25) is 0 Å². The van der Waals surface area contributed by atoms with Gasteiger partial charge in [0.25, 0.3) is 0 Å². The van der Waals surface area contributed by atoms with Crippen LogP contribution in [-0.4, -0.2) is 24.0 Å². The second kappa shape index (κ2) is 6.37. The second-order valence-corrected chi connectivity index (χ2v) is 5.78. The van der Waals surface area contributed by atoms with Crippen LogP contribution in [0.3, 0.4) is 0 Å². The van der Waals surface area contributed by atoms with Gasteiger partial charge < -0.3 is 5.32 Å². The van der Waals surface area contributed by atoms with Crippen molar-refractivity contribution in [1.82, 2.24) is 10.2 Å². The van der Waals surface area contributed by atoms with E-state index in [1.165, 1.54) is 17.7 Å². The van der Waals surface area contributed by atoms with Crippen LogP contribution in [0.25, 0.3) is 0 Å². The molecule has 0 bridgehead atoms. The molecule has 2 unspecified atom stereocenters. The number of piperazine rings is 1. The van der Waals surface area contributed by atoms with E-state index in [0.717, 1.165) is 25.2 Å². The van der Waals surface area contributed by atoms with Gasteiger partial charge in [0.15, 0.2) is 0 Å². The Morgan fingerprint density at radius 1 is 1.10 bits per heavy atom. The highest BCUT2D eigenvalue weighted by atomic mass is 19.1. The predicted octanol–water partition coefficient (Wildman–Crippen LogP) is 3.36. The third-order valence-corrected chi connectivity index (χ3v) is 4.20. The molecule has 21 heavy (non-hydrogen) atoms. The Morgan fingerprint density at radius 2 is 1.81 bits per heavy atom. The molecule has 0 aliphatic carbocycles. The third-order valence-electron chi connectivity index (χ3n) is 4.20. The quantitative estimate of drug-likeness (QED) is 0.929. The highest BCUT2D eigenvalue weighted by Crippen LogP contribution is 2.21. The molecule has 1 saturated heterocycles. The Hall–Kier alpha value is -1.71. The molecule has 2 nitrogen and oxygen atoms in total. The number of rotatable bonds is 3. The first-order valence-corrected chi connectivity index (χ1v) is 7.49. The lowest BCUT2D eigenvalue weighted by Gasteiger charge is -2.39. The molecule has 110 valence electrons. The fourth-order valence-corrected chi connectivity index (χ4v) is 2.87. The first kappa shape index (κ1) is 14.2. The van der Waals surface area contributed by atoms with E-state index >= 15 is 0 Å². The van der Waals surface area contributed by atoms with Gasteiger partial charge in [0, 0.05) is 31.7 Å². The maximum Gasteiger partial charge on any atom is 0.123 e. The first-order valence-electron chi connectivity index (χ1n) is 7.49. The number of nitrogens with zero attached hydrogens (tertiary/aromatic N) is 1. The van der Waals surface area contributed by atoms with E-state index in [9.17, 15) is 4.39 Å². The molecule has 0 saturated carbocycles. The van der Waals surface area contributed by atoms with Gasteiger partial charge in [-0.2, -0.15) is 0 Å². The van der Waals surface area contributed by atoms with Crippen LogP contribution in [0.4, 0.5) is 4.39 Å². The normalized spacial score (nSPS) is 23.1. The summed E-state index contributed by atoms with van der Waals surface area (Å²) in [4.78, 5) is 2.46. The van der Waals surface area contributed by atoms with Crippen LogP contribution in [0.5, 0.6) is 0 Å². The molecule has 0 amide bonds. The summed E-state index contributed by atoms with van der Waals surface area (Å²) in [5.74, 6) is -0.172. The Labute approximate surface area is 125 Å². The molecule has 0 radical (unpaired) electrons. The van der Waals surface area contributed by atoms with Gasteiger partial charge in [-0.1, -0.05) is 42.5 Å². The van der Waals surface area contributed by atoms with Crippen molar-refractivity contribution in [3.8, 4) is 0 Å². The average molecular weight is 284 g/mol. The van der Waals surface area contributed by atoms with Crippen molar-refractivity contribution in [2.24, 2.45) is 0 Å². The standard InChI is InChI=1S/C18H21FN2/c1-14-11-20-18(16-5-3-2-4-6-16)13-21(14)12-15-7-9-17(19)10-8-15/h2-10,14,18,20H,11-13H2,1H3. The molecule has 1 aliphatic heterocycles. The predicted molar refractivity (Wildman–Crippen MR) is 83.5 cm³/mol. The largest absolute Gasteiger partial charge is 0.307 e. The van der Waals surface area contributed by atoms with Crippen LogP contribution in [0.15, 0.2) is 54.6 Å². The summed E-state index contributed by atoms with van der Waals surface area (Å²) in [6.07, 6.45) is 0. The van der Waals surface area contributed by atoms with Gasteiger partial charge in [-0.15, -0.1) is 0 Å². The van der Waals surface area contributed by atoms with E-state index < -0.39 is 0 Å². The molecule has 1 fully saturated rings. The van der Waals surface area contributed by atoms with Crippen molar-refractivity contribution < 1.29 is 4.39 Å². The zero-order chi connectivity index (χ0) is 14.7. The van der Waals surface area contributed by atoms with Gasteiger partial charge in [0.1, 0.15) is 5.82 Å². The van der Waals surface area contributed by atoms with Crippen molar-refractivity contribution in [2.45, 2.75) is 25.6 Å². The summed E-state index contributed by atoms with van der Waals surface area (Å²) in [6, 6.07) is 18.2. The van der Waals surface area contributed by atoms with Crippen molar-refractivity contribution in [1.29, 1.82) is 0 Å². The number of benzene rings is 2. The number of hydrogen-bond donors (Lipinski definition) is 1. The molecular formula is C18H21FN2. The maximum atomic E-state index is 13.0. The topological polar surface area (TPSA) is 15.3 Å². The molecule has 2 aromatic carbocycles. The minimum absolute atomic E-state index is 0.172. The summed E-state index contributed by atoms with van der Waals surface area (Å²) < 4.78 is 13.0. The lowest BCUT2D eigenvalue weighted by atomic mass is 10.0. The molecular weight excluding hydrogens is 263 g/mol. The molecule has 0 aromatic heterocycles. The molecule has 2 atom stereocenters. The Balaban J connectivity index is 1.70. The van der Waals surface area contributed by atoms with E-state index in [1.54, 1.807) is 0 Å². The summed E-state index contributed by atoms with van der Waals surface area (Å²) in [5, 5.41) is 3.61. The van der Waals surface area contributed by atoms with Crippen molar-refractivity contribution in [3.63, 3.8) is 0 Å². The average Bonchev–Trinajstić information content (AvgIpc) is 2.52. The number of halogens is 1. The van der Waals surface area contributed by atoms with Gasteiger partial charge in [-0.3, -0.25) is 4.90 Å². The van der Waals surface area contributed by atoms with Crippen LogP contribution >= 0.6 is 0 Å². The summed E-state index contributed by atoms with van der Waals surface area (Å²) in [7, 11) is 0. The van der Waals surface area contributed by atoms with E-state index in [1.807, 2.05) is 18.2 Å². The minimum Gasteiger partial charge on any atom is -0.307 e. The summed E-state index contributed by atoms with van der Waals surface area (Å²) in [6.45, 7) is 5.05. The van der Waals surface area contributed by atoms with Crippen molar-refractivity contribution in [3.05, 3.63) is 71.5 Å². The fourth-order valence-electron chi connectivity index (χ4n) is 2.87. The molecule has 0 spiro atoms. The summed E-state index contributed by atoms with van der Waals surface area (Å²) >= 11 is 0. The number of hydrogen-bond acceptors (Lipinski definition) is 2. The van der Waals surface area contributed by atoms with Crippen LogP contribution in [0.2, 0.25) is 0 Å². The zero-order valence-corrected chi connectivity index (χ0v) is 12.3. The Kier molecular flexibility index (Phi) is 4.32. The van der Waals surface area contributed by atoms with E-state index in [2.05, 4.69) is 41.4 Å². The highest BCUT2D eigenvalue weighted by molar-refractivity contribution is 5.21. The monoisotopic (exact) mass is 284 g/mol. The molecule has 2 aromatic rings. The van der Waals surface area contributed by atoms with Gasteiger partial charge in [0.05, 0.1) is 0 Å². The minimum atomic E-state index is -0.172. The van der Waals surface area contributed by atoms with Crippen LogP contribution < -0.4 is 5.32 Å². The van der Waals surface area contributed by atoms with Crippen LogP contribution in [0, 0.1) is 5.82 Å². The third kappa shape index (κ3) is 3.49. The van der Waals surface area contributed by atoms with Gasteiger partial charge >= 0.3 is 0 Å². The Bertz CT molecular complexity index is 568. The molecule has 3 heteroatoms. The fraction of sp³-hybridized carbons (Fsp3) is 0.333. The maximum absolute atomic E-state index is 13.0. The van der Waals surface area contributed by atoms with Crippen molar-refractivity contribution >= 4 is 0 Å². The SMILES string of the molecule is CC1CNC(c2ccccc2)CN1Cc1ccc(F)cc1. The van der Waals surface area contributed by atoms with E-state index in [-0.39, 0.29) is 5.82 Å². The van der Waals surface area contributed by atoms with Crippen LogP contribution in [0.1, 0.15) is 24.1 Å². The first-order chi connectivity index (χ1) is 10.2. The summed E-state index contributed by atoms with van der Waals surface area (Å²) in [5.41, 5.74) is 2.49. The molecule has 3 rings (SSSR count). The van der Waals surface area contributed by atoms with Gasteiger partial charge in [-0.25, -0.2) is 4.39 Å². The van der Waals surface area contributed by atoms with Crippen LogP contribution in [-0.2, 0) is 6.54 Å². The van der Waals surface area contributed by atoms with Gasteiger partial charge in [-0.05, 0) is 30.2 Å². The molecule has 1 N–H and O–H groups in total. The lowest BCUT2D eigenvalue weighted by Crippen LogP contribution is -2.50. The smallest absolute Gasteiger partial charge is 0.123 e. The van der Waals surface area contributed by atoms with E-state index in [0.29, 0.717) is 12.1 Å². The second-order valence-electron chi connectivity index (χ2n) is 5.78. The highest BCUT2D eigenvalue weighted by Gasteiger charge is 2.25. The van der Waals surface area contributed by atoms with Crippen molar-refractivity contribution in [2.75, 3.05) is 13.1 Å². The lowest BCUT2D eigenvalue weighted by molar-refractivity contribution is 0.133. The Morgan fingerprint density at radius 3 is 2.52 bits per heavy atom. The van der Waals surface area contributed by atoms with E-state index in [4.69, 9.17) is 0 Å². The molecule has 1 heterocycles. The molecule has 1 aliphatic rings.